The van der Waals surface area contributed by atoms with Crippen molar-refractivity contribution in [2.45, 2.75) is 41.5 Å². The molecule has 0 aromatic heterocycles. The second kappa shape index (κ2) is 8.38. The van der Waals surface area contributed by atoms with Gasteiger partial charge in [0.15, 0.2) is 0 Å². The highest BCUT2D eigenvalue weighted by atomic mass is 32.2. The Hall–Kier alpha value is -2.30. The molecule has 6 atom stereocenters. The molecule has 2 saturated carbocycles. The standard InChI is InChI=1S/C19H18F4O10S2/c20-18(21,19(22,23)35(28,29)30)6-7-31-17(25)12-10-8-11-14(33-34(26,27)15(11)12)13(10)32-16(24)9-4-2-1-3-5-9/h1-5,10-15H,6-8H2,(H,28,29,30). The molecule has 1 aromatic rings. The van der Waals surface area contributed by atoms with Crippen LogP contribution in [0.25, 0.3) is 0 Å². The summed E-state index contributed by atoms with van der Waals surface area (Å²) in [4.78, 5) is 25.1. The van der Waals surface area contributed by atoms with E-state index in [1.54, 1.807) is 18.2 Å². The minimum absolute atomic E-state index is 0.0814. The Kier molecular flexibility index (Phi) is 6.18. The topological polar surface area (TPSA) is 150 Å². The van der Waals surface area contributed by atoms with Crippen LogP contribution in [0.5, 0.6) is 0 Å². The van der Waals surface area contributed by atoms with E-state index in [2.05, 4.69) is 4.74 Å². The van der Waals surface area contributed by atoms with E-state index in [-0.39, 0.29) is 12.0 Å². The minimum atomic E-state index is -6.47. The van der Waals surface area contributed by atoms with Crippen LogP contribution < -0.4 is 0 Å². The smallest absolute Gasteiger partial charge is 0.431 e. The van der Waals surface area contributed by atoms with Crippen molar-refractivity contribution in [3.05, 3.63) is 35.9 Å². The molecule has 4 rings (SSSR count). The van der Waals surface area contributed by atoms with Crippen molar-refractivity contribution in [3.8, 4) is 0 Å². The first kappa shape index (κ1) is 25.8. The second-order valence-electron chi connectivity index (χ2n) is 8.46. The van der Waals surface area contributed by atoms with Gasteiger partial charge in [-0.3, -0.25) is 13.5 Å². The summed E-state index contributed by atoms with van der Waals surface area (Å²) < 4.78 is 124. The molecule has 1 aliphatic heterocycles. The zero-order valence-electron chi connectivity index (χ0n) is 17.4. The second-order valence-corrected chi connectivity index (χ2v) is 11.6. The Balaban J connectivity index is 1.48. The summed E-state index contributed by atoms with van der Waals surface area (Å²) >= 11 is 0. The summed E-state index contributed by atoms with van der Waals surface area (Å²) in [5, 5.41) is -7.25. The summed E-state index contributed by atoms with van der Waals surface area (Å²) in [7, 11) is -10.8. The molecule has 35 heavy (non-hydrogen) atoms. The van der Waals surface area contributed by atoms with E-state index in [1.165, 1.54) is 12.1 Å². The number of rotatable bonds is 8. The molecule has 1 N–H and O–H groups in total. The Morgan fingerprint density at radius 3 is 2.34 bits per heavy atom. The molecule has 1 heterocycles. The van der Waals surface area contributed by atoms with E-state index in [0.29, 0.717) is 0 Å². The van der Waals surface area contributed by atoms with Gasteiger partial charge in [-0.05, 0) is 18.6 Å². The van der Waals surface area contributed by atoms with Crippen LogP contribution in [0.3, 0.4) is 0 Å². The molecule has 3 aliphatic rings. The van der Waals surface area contributed by atoms with Crippen LogP contribution in [0.2, 0.25) is 0 Å². The number of hydrogen-bond donors (Lipinski definition) is 1. The van der Waals surface area contributed by atoms with Crippen LogP contribution in [-0.4, -0.2) is 68.6 Å². The number of carbonyl (C=O) groups is 2. The quantitative estimate of drug-likeness (QED) is 0.221. The average Bonchev–Trinajstić information content (AvgIpc) is 3.36. The molecule has 2 bridgehead atoms. The van der Waals surface area contributed by atoms with E-state index >= 15 is 0 Å². The normalized spacial score (nSPS) is 31.3. The van der Waals surface area contributed by atoms with Gasteiger partial charge < -0.3 is 9.47 Å². The average molecular weight is 546 g/mol. The molecule has 2 aliphatic carbocycles. The van der Waals surface area contributed by atoms with Gasteiger partial charge in [0.05, 0.1) is 24.5 Å². The zero-order valence-corrected chi connectivity index (χ0v) is 19.1. The van der Waals surface area contributed by atoms with Gasteiger partial charge in [-0.25, -0.2) is 4.79 Å². The van der Waals surface area contributed by atoms with Gasteiger partial charge in [0.25, 0.3) is 10.1 Å². The van der Waals surface area contributed by atoms with Crippen molar-refractivity contribution in [1.29, 1.82) is 0 Å². The molecule has 6 unspecified atom stereocenters. The number of halogens is 4. The molecule has 0 radical (unpaired) electrons. The highest BCUT2D eigenvalue weighted by molar-refractivity contribution is 7.87. The Labute approximate surface area is 196 Å². The van der Waals surface area contributed by atoms with E-state index in [4.69, 9.17) is 13.5 Å². The molecule has 0 spiro atoms. The predicted octanol–water partition coefficient (Wildman–Crippen LogP) is 1.62. The van der Waals surface area contributed by atoms with E-state index in [0.717, 1.165) is 0 Å². The molecule has 1 saturated heterocycles. The highest BCUT2D eigenvalue weighted by Gasteiger charge is 2.72. The van der Waals surface area contributed by atoms with Crippen LogP contribution in [0, 0.1) is 17.8 Å². The fourth-order valence-corrected chi connectivity index (χ4v) is 7.47. The predicted molar refractivity (Wildman–Crippen MR) is 105 cm³/mol. The lowest BCUT2D eigenvalue weighted by Crippen LogP contribution is -2.48. The third kappa shape index (κ3) is 4.19. The lowest BCUT2D eigenvalue weighted by Gasteiger charge is -2.30. The molecule has 0 amide bonds. The fourth-order valence-electron chi connectivity index (χ4n) is 4.93. The van der Waals surface area contributed by atoms with Crippen LogP contribution in [0.4, 0.5) is 17.6 Å². The summed E-state index contributed by atoms with van der Waals surface area (Å²) in [6, 6.07) is 7.65. The number of esters is 2. The monoisotopic (exact) mass is 546 g/mol. The van der Waals surface area contributed by atoms with E-state index < -0.39 is 91.6 Å². The number of ether oxygens (including phenoxy) is 2. The van der Waals surface area contributed by atoms with Crippen molar-refractivity contribution in [2.75, 3.05) is 6.61 Å². The fraction of sp³-hybridized carbons (Fsp3) is 0.579. The van der Waals surface area contributed by atoms with Crippen LogP contribution >= 0.6 is 0 Å². The molecule has 1 aromatic carbocycles. The molecular formula is C19H18F4O10S2. The Morgan fingerprint density at radius 1 is 1.11 bits per heavy atom. The molecule has 194 valence electrons. The van der Waals surface area contributed by atoms with Crippen molar-refractivity contribution in [2.24, 2.45) is 17.8 Å². The highest BCUT2D eigenvalue weighted by Crippen LogP contribution is 2.58. The number of hydrogen-bond acceptors (Lipinski definition) is 9. The first-order chi connectivity index (χ1) is 16.1. The van der Waals surface area contributed by atoms with Gasteiger partial charge >= 0.3 is 33.2 Å². The van der Waals surface area contributed by atoms with Crippen LogP contribution in [0.1, 0.15) is 23.2 Å². The number of carbonyl (C=O) groups excluding carboxylic acids is 2. The van der Waals surface area contributed by atoms with Gasteiger partial charge in [-0.2, -0.15) is 34.4 Å². The maximum atomic E-state index is 13.7. The first-order valence-corrected chi connectivity index (χ1v) is 13.1. The van der Waals surface area contributed by atoms with Crippen molar-refractivity contribution >= 4 is 32.2 Å². The van der Waals surface area contributed by atoms with E-state index in [1.807, 2.05) is 0 Å². The number of fused-ring (bicyclic) bond motifs is 1. The summed E-state index contributed by atoms with van der Waals surface area (Å²) in [5.41, 5.74) is 0.147. The Bertz CT molecular complexity index is 1240. The lowest BCUT2D eigenvalue weighted by atomic mass is 9.84. The van der Waals surface area contributed by atoms with Gasteiger partial charge in [-0.1, -0.05) is 18.2 Å². The Morgan fingerprint density at radius 2 is 1.74 bits per heavy atom. The molecule has 3 fully saturated rings. The third-order valence-corrected chi connectivity index (χ3v) is 9.21. The van der Waals surface area contributed by atoms with Gasteiger partial charge in [-0.15, -0.1) is 0 Å². The number of alkyl halides is 4. The SMILES string of the molecule is O=C(OC1C2CC3C1OS(=O)(=O)C3C2C(=O)OCCC(F)(F)C(F)(F)S(=O)(=O)O)c1ccccc1. The summed E-state index contributed by atoms with van der Waals surface area (Å²) in [6.07, 6.45) is -4.12. The minimum Gasteiger partial charge on any atom is -0.465 e. The zero-order chi connectivity index (χ0) is 26.0. The summed E-state index contributed by atoms with van der Waals surface area (Å²) in [5.74, 6) is -10.6. The van der Waals surface area contributed by atoms with Crippen LogP contribution in [-0.2, 0) is 38.7 Å². The lowest BCUT2D eigenvalue weighted by molar-refractivity contribution is -0.177. The molecular weight excluding hydrogens is 528 g/mol. The van der Waals surface area contributed by atoms with Crippen molar-refractivity contribution in [3.63, 3.8) is 0 Å². The third-order valence-electron chi connectivity index (χ3n) is 6.46. The summed E-state index contributed by atoms with van der Waals surface area (Å²) in [6.45, 7) is -1.41. The van der Waals surface area contributed by atoms with Gasteiger partial charge in [0, 0.05) is 11.8 Å². The molecule has 16 heteroatoms. The largest absolute Gasteiger partial charge is 0.465 e. The first-order valence-electron chi connectivity index (χ1n) is 10.2. The maximum Gasteiger partial charge on any atom is 0.431 e. The molecule has 10 nitrogen and oxygen atoms in total. The van der Waals surface area contributed by atoms with Gasteiger partial charge in [0.1, 0.15) is 17.5 Å². The maximum absolute atomic E-state index is 13.7. The van der Waals surface area contributed by atoms with E-state index in [9.17, 15) is 44.0 Å². The van der Waals surface area contributed by atoms with Crippen LogP contribution in [0.15, 0.2) is 30.3 Å². The number of benzene rings is 1. The van der Waals surface area contributed by atoms with Crippen molar-refractivity contribution in [1.82, 2.24) is 0 Å². The van der Waals surface area contributed by atoms with Gasteiger partial charge in [0.2, 0.25) is 0 Å². The van der Waals surface area contributed by atoms with Crippen molar-refractivity contribution < 1.29 is 62.2 Å².